The van der Waals surface area contributed by atoms with Crippen molar-refractivity contribution in [3.05, 3.63) is 100 Å². The molecule has 0 aliphatic carbocycles. The molecule has 0 unspecified atom stereocenters. The van der Waals surface area contributed by atoms with Crippen molar-refractivity contribution in [2.45, 2.75) is 18.0 Å². The highest BCUT2D eigenvalue weighted by Crippen LogP contribution is 2.22. The fourth-order valence-corrected chi connectivity index (χ4v) is 4.75. The second-order valence-electron chi connectivity index (χ2n) is 7.09. The van der Waals surface area contributed by atoms with Crippen LogP contribution < -0.4 is 0 Å². The number of hydrogen-bond acceptors (Lipinski definition) is 3. The van der Waals surface area contributed by atoms with Crippen molar-refractivity contribution in [1.29, 1.82) is 0 Å². The van der Waals surface area contributed by atoms with E-state index in [0.717, 1.165) is 9.87 Å². The summed E-state index contributed by atoms with van der Waals surface area (Å²) in [6.45, 7) is 0.0862. The minimum atomic E-state index is -3.95. The van der Waals surface area contributed by atoms with Gasteiger partial charge in [-0.15, -0.1) is 0 Å². The molecule has 0 radical (unpaired) electrons. The van der Waals surface area contributed by atoms with E-state index in [1.807, 2.05) is 30.3 Å². The summed E-state index contributed by atoms with van der Waals surface area (Å²) in [7, 11) is -2.29. The summed E-state index contributed by atoms with van der Waals surface area (Å²) in [5.74, 6) is -0.316. The number of benzene rings is 3. The van der Waals surface area contributed by atoms with Crippen molar-refractivity contribution in [3.63, 3.8) is 0 Å². The molecule has 0 aliphatic rings. The van der Waals surface area contributed by atoms with E-state index < -0.39 is 10.0 Å². The summed E-state index contributed by atoms with van der Waals surface area (Å²) in [4.78, 5) is 14.5. The third-order valence-corrected chi connectivity index (χ3v) is 6.99. The van der Waals surface area contributed by atoms with Gasteiger partial charge in [-0.1, -0.05) is 65.7 Å². The molecule has 0 saturated heterocycles. The van der Waals surface area contributed by atoms with E-state index in [0.29, 0.717) is 22.2 Å². The number of carbonyl (C=O) groups excluding carboxylic acids is 1. The fourth-order valence-electron chi connectivity index (χ4n) is 3.04. The van der Waals surface area contributed by atoms with Crippen LogP contribution in [0.1, 0.15) is 11.1 Å². The van der Waals surface area contributed by atoms with E-state index in [1.165, 1.54) is 29.2 Å². The van der Waals surface area contributed by atoms with Crippen molar-refractivity contribution >= 4 is 39.1 Å². The van der Waals surface area contributed by atoms with Crippen LogP contribution in [0.2, 0.25) is 10.0 Å². The molecule has 3 aromatic rings. The van der Waals surface area contributed by atoms with Gasteiger partial charge in [0.2, 0.25) is 15.9 Å². The highest BCUT2D eigenvalue weighted by Gasteiger charge is 2.28. The van der Waals surface area contributed by atoms with Crippen LogP contribution in [0.4, 0.5) is 0 Å². The monoisotopic (exact) mass is 476 g/mol. The van der Waals surface area contributed by atoms with Crippen molar-refractivity contribution in [3.8, 4) is 0 Å². The molecule has 8 heteroatoms. The lowest BCUT2D eigenvalue weighted by molar-refractivity contribution is -0.130. The van der Waals surface area contributed by atoms with E-state index >= 15 is 0 Å². The topological polar surface area (TPSA) is 57.7 Å². The first-order valence-electron chi connectivity index (χ1n) is 9.54. The first-order valence-corrected chi connectivity index (χ1v) is 11.7. The van der Waals surface area contributed by atoms with Gasteiger partial charge in [-0.3, -0.25) is 4.79 Å². The number of likely N-dealkylation sites (N-methyl/N-ethyl adjacent to an activating group) is 1. The molecule has 0 heterocycles. The SMILES string of the molecule is CN(Cc1ccccc1)C(=O)CN(Cc1cccc(Cl)c1)S(=O)(=O)c1ccc(Cl)cc1. The van der Waals surface area contributed by atoms with Crippen molar-refractivity contribution in [2.24, 2.45) is 0 Å². The number of rotatable bonds is 8. The zero-order chi connectivity index (χ0) is 22.4. The standard InChI is InChI=1S/C23H22Cl2N2O3S/c1-26(15-18-6-3-2-4-7-18)23(28)17-27(16-19-8-5-9-21(25)14-19)31(29,30)22-12-10-20(24)11-13-22/h2-14H,15-17H2,1H3. The van der Waals surface area contributed by atoms with Crippen molar-refractivity contribution in [2.75, 3.05) is 13.6 Å². The Bertz CT molecular complexity index is 1140. The van der Waals surface area contributed by atoms with Gasteiger partial charge in [-0.25, -0.2) is 8.42 Å². The average Bonchev–Trinajstić information content (AvgIpc) is 2.74. The molecule has 0 aromatic heterocycles. The van der Waals surface area contributed by atoms with Crippen molar-refractivity contribution in [1.82, 2.24) is 9.21 Å². The van der Waals surface area contributed by atoms with Crippen LogP contribution in [0, 0.1) is 0 Å². The largest absolute Gasteiger partial charge is 0.340 e. The maximum atomic E-state index is 13.3. The van der Waals surface area contributed by atoms with Gasteiger partial charge in [-0.05, 0) is 47.5 Å². The summed E-state index contributed by atoms with van der Waals surface area (Å²) in [5, 5.41) is 0.924. The lowest BCUT2D eigenvalue weighted by atomic mass is 10.2. The smallest absolute Gasteiger partial charge is 0.243 e. The van der Waals surface area contributed by atoms with Crippen LogP contribution in [0.5, 0.6) is 0 Å². The number of amides is 1. The maximum Gasteiger partial charge on any atom is 0.243 e. The minimum absolute atomic E-state index is 0.0104. The maximum absolute atomic E-state index is 13.3. The van der Waals surface area contributed by atoms with Gasteiger partial charge in [0.15, 0.2) is 0 Å². The third kappa shape index (κ3) is 6.31. The van der Waals surface area contributed by atoms with E-state index in [9.17, 15) is 13.2 Å². The molecule has 0 atom stereocenters. The summed E-state index contributed by atoms with van der Waals surface area (Å²) in [6.07, 6.45) is 0. The number of halogens is 2. The molecule has 1 amide bonds. The van der Waals surface area contributed by atoms with E-state index in [-0.39, 0.29) is 23.9 Å². The zero-order valence-corrected chi connectivity index (χ0v) is 19.2. The van der Waals surface area contributed by atoms with Gasteiger partial charge < -0.3 is 4.90 Å². The molecule has 0 bridgehead atoms. The summed E-state index contributed by atoms with van der Waals surface area (Å²) in [5.41, 5.74) is 1.64. The van der Waals surface area contributed by atoms with Gasteiger partial charge >= 0.3 is 0 Å². The van der Waals surface area contributed by atoms with Crippen LogP contribution in [-0.4, -0.2) is 37.1 Å². The Morgan fingerprint density at radius 1 is 0.806 bits per heavy atom. The summed E-state index contributed by atoms with van der Waals surface area (Å²) >= 11 is 12.0. The molecule has 0 fully saturated rings. The highest BCUT2D eigenvalue weighted by molar-refractivity contribution is 7.89. The molecule has 5 nitrogen and oxygen atoms in total. The first kappa shape index (κ1) is 23.3. The number of hydrogen-bond donors (Lipinski definition) is 0. The summed E-state index contributed by atoms with van der Waals surface area (Å²) < 4.78 is 27.8. The zero-order valence-electron chi connectivity index (χ0n) is 16.9. The van der Waals surface area contributed by atoms with Gasteiger partial charge in [0.05, 0.1) is 11.4 Å². The van der Waals surface area contributed by atoms with E-state index in [4.69, 9.17) is 23.2 Å². The third-order valence-electron chi connectivity index (χ3n) is 4.70. The van der Waals surface area contributed by atoms with Crippen LogP contribution in [0.3, 0.4) is 0 Å². The van der Waals surface area contributed by atoms with E-state index in [2.05, 4.69) is 0 Å². The predicted molar refractivity (Wildman–Crippen MR) is 123 cm³/mol. The van der Waals surface area contributed by atoms with Crippen LogP contribution in [0.25, 0.3) is 0 Å². The highest BCUT2D eigenvalue weighted by atomic mass is 35.5. The molecule has 0 saturated carbocycles. The molecule has 31 heavy (non-hydrogen) atoms. The first-order chi connectivity index (χ1) is 14.8. The molecular weight excluding hydrogens is 455 g/mol. The summed E-state index contributed by atoms with van der Waals surface area (Å²) in [6, 6.07) is 22.3. The van der Waals surface area contributed by atoms with Crippen molar-refractivity contribution < 1.29 is 13.2 Å². The van der Waals surface area contributed by atoms with Gasteiger partial charge in [0.25, 0.3) is 0 Å². The second-order valence-corrected chi connectivity index (χ2v) is 9.90. The molecule has 3 rings (SSSR count). The average molecular weight is 477 g/mol. The number of nitrogens with zero attached hydrogens (tertiary/aromatic N) is 2. The molecule has 0 spiro atoms. The Kier molecular flexibility index (Phi) is 7.73. The second kappa shape index (κ2) is 10.3. The fraction of sp³-hybridized carbons (Fsp3) is 0.174. The predicted octanol–water partition coefficient (Wildman–Crippen LogP) is 4.84. The molecular formula is C23H22Cl2N2O3S. The van der Waals surface area contributed by atoms with Gasteiger partial charge in [-0.2, -0.15) is 4.31 Å². The van der Waals surface area contributed by atoms with Gasteiger partial charge in [0, 0.05) is 30.2 Å². The molecule has 162 valence electrons. The molecule has 0 N–H and O–H groups in total. The minimum Gasteiger partial charge on any atom is -0.340 e. The Hall–Kier alpha value is -2.38. The normalized spacial score (nSPS) is 11.5. The lowest BCUT2D eigenvalue weighted by Gasteiger charge is -2.25. The van der Waals surface area contributed by atoms with E-state index in [1.54, 1.807) is 31.3 Å². The van der Waals surface area contributed by atoms with Gasteiger partial charge in [0.1, 0.15) is 0 Å². The molecule has 0 aliphatic heterocycles. The number of sulfonamides is 1. The van der Waals surface area contributed by atoms with Crippen LogP contribution >= 0.6 is 23.2 Å². The lowest BCUT2D eigenvalue weighted by Crippen LogP contribution is -2.40. The number of carbonyl (C=O) groups is 1. The quantitative estimate of drug-likeness (QED) is 0.467. The Morgan fingerprint density at radius 2 is 1.45 bits per heavy atom. The molecule has 3 aromatic carbocycles. The van der Waals surface area contributed by atoms with Crippen LogP contribution in [-0.2, 0) is 27.9 Å². The Labute approximate surface area is 192 Å². The Morgan fingerprint density at radius 3 is 2.10 bits per heavy atom. The Balaban J connectivity index is 1.86. The van der Waals surface area contributed by atoms with Crippen LogP contribution in [0.15, 0.2) is 83.8 Å².